The van der Waals surface area contributed by atoms with Crippen molar-refractivity contribution in [3.8, 4) is 0 Å². The van der Waals surface area contributed by atoms with Crippen LogP contribution in [0.15, 0.2) is 24.3 Å². The SMILES string of the molecule is CC1CN2CCCC2CN1Cc1cccc(C(=O)N2CCCCC2)c1. The Kier molecular flexibility index (Phi) is 5.09. The molecule has 3 saturated heterocycles. The van der Waals surface area contributed by atoms with Crippen molar-refractivity contribution in [1.82, 2.24) is 14.7 Å². The van der Waals surface area contributed by atoms with Gasteiger partial charge < -0.3 is 4.90 Å². The number of piperazine rings is 1. The van der Waals surface area contributed by atoms with E-state index in [1.165, 1.54) is 44.5 Å². The first kappa shape index (κ1) is 17.0. The average Bonchev–Trinajstić information content (AvgIpc) is 3.09. The monoisotopic (exact) mass is 341 g/mol. The van der Waals surface area contributed by atoms with E-state index >= 15 is 0 Å². The van der Waals surface area contributed by atoms with Crippen LogP contribution in [-0.4, -0.2) is 65.4 Å². The number of fused-ring (bicyclic) bond motifs is 1. The molecule has 0 N–H and O–H groups in total. The van der Waals surface area contributed by atoms with E-state index in [1.807, 2.05) is 11.0 Å². The normalized spacial score (nSPS) is 28.1. The molecule has 1 aromatic carbocycles. The molecule has 3 fully saturated rings. The largest absolute Gasteiger partial charge is 0.339 e. The minimum atomic E-state index is 0.218. The van der Waals surface area contributed by atoms with Crippen molar-refractivity contribution in [2.45, 2.75) is 57.7 Å². The van der Waals surface area contributed by atoms with Crippen LogP contribution in [0, 0.1) is 0 Å². The highest BCUT2D eigenvalue weighted by molar-refractivity contribution is 5.94. The molecule has 25 heavy (non-hydrogen) atoms. The smallest absolute Gasteiger partial charge is 0.253 e. The molecular weight excluding hydrogens is 310 g/mol. The third kappa shape index (κ3) is 3.75. The molecule has 4 nitrogen and oxygen atoms in total. The van der Waals surface area contributed by atoms with E-state index in [9.17, 15) is 4.79 Å². The number of carbonyl (C=O) groups excluding carboxylic acids is 1. The summed E-state index contributed by atoms with van der Waals surface area (Å²) in [5.74, 6) is 0.218. The average molecular weight is 341 g/mol. The van der Waals surface area contributed by atoms with Gasteiger partial charge in [-0.15, -0.1) is 0 Å². The first-order valence-electron chi connectivity index (χ1n) is 10.1. The zero-order chi connectivity index (χ0) is 17.2. The molecule has 1 aromatic rings. The lowest BCUT2D eigenvalue weighted by atomic mass is 10.0. The molecule has 0 spiro atoms. The van der Waals surface area contributed by atoms with Gasteiger partial charge in [0.1, 0.15) is 0 Å². The Morgan fingerprint density at radius 3 is 2.76 bits per heavy atom. The minimum Gasteiger partial charge on any atom is -0.339 e. The van der Waals surface area contributed by atoms with Gasteiger partial charge in [-0.1, -0.05) is 12.1 Å². The number of benzene rings is 1. The van der Waals surface area contributed by atoms with Crippen molar-refractivity contribution in [3.63, 3.8) is 0 Å². The second-order valence-corrected chi connectivity index (χ2v) is 8.12. The fourth-order valence-corrected chi connectivity index (χ4v) is 4.78. The van der Waals surface area contributed by atoms with Gasteiger partial charge in [-0.3, -0.25) is 14.6 Å². The summed E-state index contributed by atoms with van der Waals surface area (Å²) in [4.78, 5) is 20.1. The maximum atomic E-state index is 12.8. The molecule has 1 amide bonds. The standard InChI is InChI=1S/C21H31N3O/c1-17-14-23-12-6-9-20(23)16-24(17)15-18-7-5-8-19(13-18)21(25)22-10-3-2-4-11-22/h5,7-8,13,17,20H,2-4,6,9-12,14-16H2,1H3. The predicted molar refractivity (Wildman–Crippen MR) is 101 cm³/mol. The van der Waals surface area contributed by atoms with E-state index in [2.05, 4.69) is 34.9 Å². The molecule has 136 valence electrons. The van der Waals surface area contributed by atoms with E-state index < -0.39 is 0 Å². The molecule has 0 aromatic heterocycles. The Hall–Kier alpha value is -1.39. The van der Waals surface area contributed by atoms with Crippen LogP contribution >= 0.6 is 0 Å². The Morgan fingerprint density at radius 2 is 1.92 bits per heavy atom. The van der Waals surface area contributed by atoms with Crippen molar-refractivity contribution in [3.05, 3.63) is 35.4 Å². The Balaban J connectivity index is 1.43. The third-order valence-corrected chi connectivity index (χ3v) is 6.27. The van der Waals surface area contributed by atoms with E-state index in [0.29, 0.717) is 6.04 Å². The highest BCUT2D eigenvalue weighted by Gasteiger charge is 2.34. The van der Waals surface area contributed by atoms with Gasteiger partial charge in [0.25, 0.3) is 5.91 Å². The van der Waals surface area contributed by atoms with E-state index in [1.54, 1.807) is 0 Å². The highest BCUT2D eigenvalue weighted by Crippen LogP contribution is 2.26. The van der Waals surface area contributed by atoms with E-state index in [0.717, 1.165) is 44.1 Å². The van der Waals surface area contributed by atoms with E-state index in [4.69, 9.17) is 0 Å². The first-order chi connectivity index (χ1) is 12.2. The Labute approximate surface area is 151 Å². The lowest BCUT2D eigenvalue weighted by Crippen LogP contribution is -2.54. The summed E-state index contributed by atoms with van der Waals surface area (Å²) in [6, 6.07) is 9.69. The summed E-state index contributed by atoms with van der Waals surface area (Å²) in [6.45, 7) is 8.79. The maximum absolute atomic E-state index is 12.8. The van der Waals surface area contributed by atoms with Crippen LogP contribution in [-0.2, 0) is 6.54 Å². The number of hydrogen-bond acceptors (Lipinski definition) is 3. The second-order valence-electron chi connectivity index (χ2n) is 8.12. The zero-order valence-corrected chi connectivity index (χ0v) is 15.5. The first-order valence-corrected chi connectivity index (χ1v) is 10.1. The fourth-order valence-electron chi connectivity index (χ4n) is 4.78. The summed E-state index contributed by atoms with van der Waals surface area (Å²) in [7, 11) is 0. The van der Waals surface area contributed by atoms with Gasteiger partial charge in [0.15, 0.2) is 0 Å². The van der Waals surface area contributed by atoms with Crippen molar-refractivity contribution < 1.29 is 4.79 Å². The van der Waals surface area contributed by atoms with E-state index in [-0.39, 0.29) is 5.91 Å². The number of carbonyl (C=O) groups is 1. The van der Waals surface area contributed by atoms with Crippen LogP contribution in [0.2, 0.25) is 0 Å². The number of hydrogen-bond donors (Lipinski definition) is 0. The van der Waals surface area contributed by atoms with Gasteiger partial charge in [0.2, 0.25) is 0 Å². The topological polar surface area (TPSA) is 26.8 Å². The molecule has 3 heterocycles. The van der Waals surface area contributed by atoms with Crippen molar-refractivity contribution in [2.75, 3.05) is 32.7 Å². The number of nitrogens with zero attached hydrogens (tertiary/aromatic N) is 3. The lowest BCUT2D eigenvalue weighted by molar-refractivity contribution is 0.0540. The van der Waals surface area contributed by atoms with Crippen molar-refractivity contribution >= 4 is 5.91 Å². The molecule has 4 rings (SSSR count). The molecule has 3 aliphatic rings. The van der Waals surface area contributed by atoms with Crippen molar-refractivity contribution in [2.24, 2.45) is 0 Å². The maximum Gasteiger partial charge on any atom is 0.253 e. The molecule has 4 heteroatoms. The quantitative estimate of drug-likeness (QED) is 0.846. The van der Waals surface area contributed by atoms with Gasteiger partial charge in [-0.25, -0.2) is 0 Å². The van der Waals surface area contributed by atoms with Gasteiger partial charge in [-0.2, -0.15) is 0 Å². The van der Waals surface area contributed by atoms with Gasteiger partial charge in [0.05, 0.1) is 0 Å². The molecule has 2 atom stereocenters. The minimum absolute atomic E-state index is 0.218. The zero-order valence-electron chi connectivity index (χ0n) is 15.5. The summed E-state index contributed by atoms with van der Waals surface area (Å²) >= 11 is 0. The van der Waals surface area contributed by atoms with Crippen LogP contribution in [0.3, 0.4) is 0 Å². The van der Waals surface area contributed by atoms with Crippen LogP contribution in [0.4, 0.5) is 0 Å². The number of piperidine rings is 1. The summed E-state index contributed by atoms with van der Waals surface area (Å²) in [5.41, 5.74) is 2.15. The van der Waals surface area contributed by atoms with Gasteiger partial charge >= 0.3 is 0 Å². The fraction of sp³-hybridized carbons (Fsp3) is 0.667. The molecule has 0 saturated carbocycles. The molecular formula is C21H31N3O. The molecule has 0 radical (unpaired) electrons. The Bertz CT molecular complexity index is 611. The van der Waals surface area contributed by atoms with Gasteiger partial charge in [0, 0.05) is 50.4 Å². The number of amides is 1. The van der Waals surface area contributed by atoms with Crippen LogP contribution < -0.4 is 0 Å². The predicted octanol–water partition coefficient (Wildman–Crippen LogP) is 2.98. The summed E-state index contributed by atoms with van der Waals surface area (Å²) in [5, 5.41) is 0. The second kappa shape index (κ2) is 7.46. The summed E-state index contributed by atoms with van der Waals surface area (Å²) in [6.07, 6.45) is 6.25. The van der Waals surface area contributed by atoms with Crippen LogP contribution in [0.25, 0.3) is 0 Å². The molecule has 0 aliphatic carbocycles. The lowest BCUT2D eigenvalue weighted by Gasteiger charge is -2.42. The van der Waals surface area contributed by atoms with Gasteiger partial charge in [-0.05, 0) is 63.3 Å². The van der Waals surface area contributed by atoms with Crippen molar-refractivity contribution in [1.29, 1.82) is 0 Å². The number of likely N-dealkylation sites (tertiary alicyclic amines) is 1. The molecule has 3 aliphatic heterocycles. The molecule has 2 unspecified atom stereocenters. The van der Waals surface area contributed by atoms with Crippen LogP contribution in [0.5, 0.6) is 0 Å². The number of rotatable bonds is 3. The molecule has 0 bridgehead atoms. The highest BCUT2D eigenvalue weighted by atomic mass is 16.2. The van der Waals surface area contributed by atoms with Crippen LogP contribution in [0.1, 0.15) is 54.9 Å². The summed E-state index contributed by atoms with van der Waals surface area (Å²) < 4.78 is 0. The Morgan fingerprint density at radius 1 is 1.08 bits per heavy atom. The third-order valence-electron chi connectivity index (χ3n) is 6.27.